The topological polar surface area (TPSA) is 69.6 Å². The highest BCUT2D eigenvalue weighted by Gasteiger charge is 2.50. The summed E-state index contributed by atoms with van der Waals surface area (Å²) < 4.78 is 37.9. The largest absolute Gasteiger partial charge is 0.416 e. The molecule has 0 bridgehead atoms. The van der Waals surface area contributed by atoms with Crippen LogP contribution in [0.2, 0.25) is 0 Å². The average molecular weight is 356 g/mol. The molecular weight excluding hydrogens is 337 g/mol. The van der Waals surface area contributed by atoms with Gasteiger partial charge in [0.2, 0.25) is 5.91 Å². The Balaban J connectivity index is 1.79. The molecule has 2 N–H and O–H groups in total. The Morgan fingerprint density at radius 2 is 1.96 bits per heavy atom. The van der Waals surface area contributed by atoms with Gasteiger partial charge in [-0.1, -0.05) is 0 Å². The smallest absolute Gasteiger partial charge is 0.392 e. The Bertz CT molecular complexity index is 675. The molecule has 0 unspecified atom stereocenters. The maximum absolute atomic E-state index is 12.6. The van der Waals surface area contributed by atoms with Gasteiger partial charge >= 0.3 is 6.18 Å². The monoisotopic (exact) mass is 356 g/mol. The quantitative estimate of drug-likeness (QED) is 0.806. The normalized spacial score (nSPS) is 27.3. The summed E-state index contributed by atoms with van der Waals surface area (Å²) in [6.07, 6.45) is -3.83. The Kier molecular flexibility index (Phi) is 4.49. The second-order valence-electron chi connectivity index (χ2n) is 6.62. The first-order chi connectivity index (χ1) is 11.7. The average Bonchev–Trinajstić information content (AvgIpc) is 2.58. The lowest BCUT2D eigenvalue weighted by Crippen LogP contribution is -2.62. The number of aliphatic hydroxyl groups excluding tert-OH is 1. The Morgan fingerprint density at radius 3 is 2.56 bits per heavy atom. The number of carbonyl (C=O) groups excluding carboxylic acids is 2. The summed E-state index contributed by atoms with van der Waals surface area (Å²) >= 11 is 0. The van der Waals surface area contributed by atoms with Crippen LogP contribution in [0.3, 0.4) is 0 Å². The SMILES string of the molecule is O=C(c1ccc(C(F)(F)F)cc1)N1CC[C@@H](O)[C@@]2(CCCNC2=O)C1. The van der Waals surface area contributed by atoms with Crippen molar-refractivity contribution in [2.45, 2.75) is 31.5 Å². The highest BCUT2D eigenvalue weighted by Crippen LogP contribution is 2.38. The van der Waals surface area contributed by atoms with Crippen LogP contribution in [0, 0.1) is 5.41 Å². The van der Waals surface area contributed by atoms with Gasteiger partial charge in [-0.25, -0.2) is 0 Å². The summed E-state index contributed by atoms with van der Waals surface area (Å²) in [6, 6.07) is 4.03. The van der Waals surface area contributed by atoms with Crippen LogP contribution in [0.25, 0.3) is 0 Å². The first-order valence-corrected chi connectivity index (χ1v) is 8.17. The molecule has 2 heterocycles. The molecule has 136 valence electrons. The summed E-state index contributed by atoms with van der Waals surface area (Å²) in [6.45, 7) is 0.871. The molecule has 2 fully saturated rings. The van der Waals surface area contributed by atoms with Crippen LogP contribution >= 0.6 is 0 Å². The summed E-state index contributed by atoms with van der Waals surface area (Å²) in [5, 5.41) is 13.1. The molecule has 1 aromatic rings. The molecule has 25 heavy (non-hydrogen) atoms. The highest BCUT2D eigenvalue weighted by atomic mass is 19.4. The molecule has 1 aromatic carbocycles. The van der Waals surface area contributed by atoms with Gasteiger partial charge in [-0.05, 0) is 43.5 Å². The number of aliphatic hydroxyl groups is 1. The predicted molar refractivity (Wildman–Crippen MR) is 82.6 cm³/mol. The third-order valence-corrected chi connectivity index (χ3v) is 5.07. The van der Waals surface area contributed by atoms with Gasteiger partial charge < -0.3 is 15.3 Å². The minimum absolute atomic E-state index is 0.0693. The van der Waals surface area contributed by atoms with Crippen LogP contribution in [-0.4, -0.2) is 47.6 Å². The van der Waals surface area contributed by atoms with E-state index in [1.165, 1.54) is 4.90 Å². The fourth-order valence-corrected chi connectivity index (χ4v) is 3.60. The lowest BCUT2D eigenvalue weighted by molar-refractivity contribution is -0.147. The number of hydrogen-bond donors (Lipinski definition) is 2. The maximum atomic E-state index is 12.6. The molecule has 1 spiro atoms. The second kappa shape index (κ2) is 6.33. The molecule has 2 amide bonds. The van der Waals surface area contributed by atoms with Crippen molar-refractivity contribution >= 4 is 11.8 Å². The number of likely N-dealkylation sites (tertiary alicyclic amines) is 1. The molecule has 0 saturated carbocycles. The van der Waals surface area contributed by atoms with Gasteiger partial charge in [0.25, 0.3) is 5.91 Å². The highest BCUT2D eigenvalue weighted by molar-refractivity contribution is 5.95. The van der Waals surface area contributed by atoms with E-state index < -0.39 is 29.2 Å². The van der Waals surface area contributed by atoms with Crippen LogP contribution in [-0.2, 0) is 11.0 Å². The zero-order valence-corrected chi connectivity index (χ0v) is 13.5. The predicted octanol–water partition coefficient (Wildman–Crippen LogP) is 1.81. The van der Waals surface area contributed by atoms with E-state index in [0.29, 0.717) is 19.4 Å². The van der Waals surface area contributed by atoms with E-state index in [-0.39, 0.29) is 31.0 Å². The molecule has 8 heteroatoms. The number of halogens is 3. The van der Waals surface area contributed by atoms with Crippen LogP contribution in [0.1, 0.15) is 35.2 Å². The van der Waals surface area contributed by atoms with Crippen LogP contribution in [0.5, 0.6) is 0 Å². The van der Waals surface area contributed by atoms with Gasteiger partial charge in [-0.2, -0.15) is 13.2 Å². The number of hydrogen-bond acceptors (Lipinski definition) is 3. The van der Waals surface area contributed by atoms with E-state index in [1.54, 1.807) is 0 Å². The van der Waals surface area contributed by atoms with Crippen molar-refractivity contribution in [1.82, 2.24) is 10.2 Å². The molecule has 2 atom stereocenters. The second-order valence-corrected chi connectivity index (χ2v) is 6.62. The van der Waals surface area contributed by atoms with E-state index in [0.717, 1.165) is 24.3 Å². The van der Waals surface area contributed by atoms with Crippen LogP contribution in [0.4, 0.5) is 13.2 Å². The standard InChI is InChI=1S/C17H19F3N2O3/c18-17(19,20)12-4-2-11(3-5-12)14(24)22-9-6-13(23)16(10-22)7-1-8-21-15(16)25/h2-5,13,23H,1,6-10H2,(H,21,25)/t13-,16-/m1/s1. The van der Waals surface area contributed by atoms with Crippen LogP contribution < -0.4 is 5.32 Å². The fourth-order valence-electron chi connectivity index (χ4n) is 3.60. The molecule has 3 rings (SSSR count). The van der Waals surface area contributed by atoms with Gasteiger partial charge in [0.1, 0.15) is 0 Å². The number of nitrogens with one attached hydrogen (secondary N) is 1. The van der Waals surface area contributed by atoms with Crippen molar-refractivity contribution < 1.29 is 27.9 Å². The molecule has 5 nitrogen and oxygen atoms in total. The van der Waals surface area contributed by atoms with E-state index in [2.05, 4.69) is 5.32 Å². The number of amides is 2. The van der Waals surface area contributed by atoms with Crippen molar-refractivity contribution in [3.05, 3.63) is 35.4 Å². The lowest BCUT2D eigenvalue weighted by atomic mass is 9.71. The van der Waals surface area contributed by atoms with Gasteiger partial charge in [-0.15, -0.1) is 0 Å². The molecule has 0 aromatic heterocycles. The third-order valence-electron chi connectivity index (χ3n) is 5.07. The summed E-state index contributed by atoms with van der Waals surface area (Å²) in [7, 11) is 0. The lowest BCUT2D eigenvalue weighted by Gasteiger charge is -2.46. The summed E-state index contributed by atoms with van der Waals surface area (Å²) in [4.78, 5) is 26.4. The number of carbonyl (C=O) groups is 2. The number of piperidine rings is 2. The van der Waals surface area contributed by atoms with E-state index in [1.807, 2.05) is 0 Å². The molecule has 0 radical (unpaired) electrons. The van der Waals surface area contributed by atoms with Gasteiger partial charge in [0.05, 0.1) is 17.1 Å². The van der Waals surface area contributed by atoms with E-state index in [9.17, 15) is 27.9 Å². The summed E-state index contributed by atoms with van der Waals surface area (Å²) in [5.41, 5.74) is -1.71. The Hall–Kier alpha value is -2.09. The van der Waals surface area contributed by atoms with Gasteiger partial charge in [-0.3, -0.25) is 9.59 Å². The molecular formula is C17H19F3N2O3. The number of alkyl halides is 3. The van der Waals surface area contributed by atoms with E-state index in [4.69, 9.17) is 0 Å². The minimum Gasteiger partial charge on any atom is -0.392 e. The first-order valence-electron chi connectivity index (χ1n) is 8.17. The van der Waals surface area contributed by atoms with Crippen molar-refractivity contribution in [3.63, 3.8) is 0 Å². The molecule has 2 aliphatic heterocycles. The zero-order valence-electron chi connectivity index (χ0n) is 13.5. The molecule has 2 saturated heterocycles. The summed E-state index contributed by atoms with van der Waals surface area (Å²) in [5.74, 6) is -0.699. The van der Waals surface area contributed by atoms with E-state index >= 15 is 0 Å². The molecule has 2 aliphatic rings. The van der Waals surface area contributed by atoms with Crippen molar-refractivity contribution in [2.24, 2.45) is 5.41 Å². The van der Waals surface area contributed by atoms with Crippen molar-refractivity contribution in [3.8, 4) is 0 Å². The van der Waals surface area contributed by atoms with Gasteiger partial charge in [0, 0.05) is 25.2 Å². The number of benzene rings is 1. The zero-order chi connectivity index (χ0) is 18.2. The Labute approximate surface area is 142 Å². The van der Waals surface area contributed by atoms with Crippen molar-refractivity contribution in [2.75, 3.05) is 19.6 Å². The number of nitrogens with zero attached hydrogens (tertiary/aromatic N) is 1. The fraction of sp³-hybridized carbons (Fsp3) is 0.529. The third kappa shape index (κ3) is 3.22. The minimum atomic E-state index is -4.46. The van der Waals surface area contributed by atoms with Crippen molar-refractivity contribution in [1.29, 1.82) is 0 Å². The first kappa shape index (κ1) is 17.7. The van der Waals surface area contributed by atoms with Crippen LogP contribution in [0.15, 0.2) is 24.3 Å². The number of rotatable bonds is 1. The van der Waals surface area contributed by atoms with Gasteiger partial charge in [0.15, 0.2) is 0 Å². The molecule has 0 aliphatic carbocycles. The Morgan fingerprint density at radius 1 is 1.28 bits per heavy atom. The maximum Gasteiger partial charge on any atom is 0.416 e.